The smallest absolute Gasteiger partial charge is 0.253 e. The van der Waals surface area contributed by atoms with Crippen LogP contribution >= 0.6 is 0 Å². The minimum atomic E-state index is -0.280. The van der Waals surface area contributed by atoms with E-state index in [-0.39, 0.29) is 24.0 Å². The molecule has 1 aromatic heterocycles. The number of carbonyl (C=O) groups is 2. The molecule has 160 valence electrons. The molecule has 1 amide bonds. The lowest BCUT2D eigenvalue weighted by molar-refractivity contribution is -0.123. The number of hydrogen-bond donors (Lipinski definition) is 1. The van der Waals surface area contributed by atoms with Gasteiger partial charge in [-0.1, -0.05) is 12.1 Å². The van der Waals surface area contributed by atoms with Crippen molar-refractivity contribution in [1.82, 2.24) is 20.3 Å². The van der Waals surface area contributed by atoms with Crippen LogP contribution in [0.1, 0.15) is 21.5 Å². The van der Waals surface area contributed by atoms with Crippen LogP contribution in [-0.2, 0) is 17.6 Å². The third-order valence-corrected chi connectivity index (χ3v) is 5.45. The van der Waals surface area contributed by atoms with E-state index < -0.39 is 0 Å². The third-order valence-electron chi connectivity index (χ3n) is 5.45. The fourth-order valence-electron chi connectivity index (χ4n) is 3.71. The van der Waals surface area contributed by atoms with Crippen molar-refractivity contribution in [3.8, 4) is 22.8 Å². The summed E-state index contributed by atoms with van der Waals surface area (Å²) in [6.45, 7) is 0.326. The Kier molecular flexibility index (Phi) is 5.70. The first kappa shape index (κ1) is 20.6. The fourth-order valence-corrected chi connectivity index (χ4v) is 3.71. The summed E-state index contributed by atoms with van der Waals surface area (Å²) < 4.78 is 11.1. The van der Waals surface area contributed by atoms with Gasteiger partial charge in [-0.25, -0.2) is 0 Å². The average molecular weight is 420 g/mol. The SMILES string of the molecule is COc1ccc2c(c1)CC(C(=O)Cc1ccc(-c3cn[nH]n3)cc1C(=O)N(C)C)CO2. The van der Waals surface area contributed by atoms with Crippen LogP contribution in [0, 0.1) is 5.92 Å². The predicted molar refractivity (Wildman–Crippen MR) is 114 cm³/mol. The van der Waals surface area contributed by atoms with Crippen LogP contribution in [0.5, 0.6) is 11.5 Å². The molecule has 0 fully saturated rings. The molecule has 8 nitrogen and oxygen atoms in total. The van der Waals surface area contributed by atoms with Crippen LogP contribution in [-0.4, -0.2) is 59.8 Å². The molecule has 1 N–H and O–H groups in total. The minimum Gasteiger partial charge on any atom is -0.497 e. The molecule has 0 saturated heterocycles. The number of amides is 1. The van der Waals surface area contributed by atoms with Gasteiger partial charge in [-0.15, -0.1) is 0 Å². The standard InChI is InChI=1S/C23H24N4O4/c1-27(2)23(29)19-10-15(20-12-24-26-25-20)5-4-14(19)11-21(28)17-8-16-9-18(30-3)6-7-22(16)31-13-17/h4-7,9-10,12,17H,8,11,13H2,1-3H3,(H,24,25,26). The molecule has 4 rings (SSSR count). The van der Waals surface area contributed by atoms with Crippen molar-refractivity contribution in [3.05, 3.63) is 59.3 Å². The van der Waals surface area contributed by atoms with Crippen molar-refractivity contribution in [3.63, 3.8) is 0 Å². The lowest BCUT2D eigenvalue weighted by Crippen LogP contribution is -2.30. The molecular weight excluding hydrogens is 396 g/mol. The number of ether oxygens (including phenoxy) is 2. The molecule has 0 bridgehead atoms. The molecule has 3 aromatic rings. The lowest BCUT2D eigenvalue weighted by atomic mass is 9.88. The predicted octanol–water partition coefficient (Wildman–Crippen LogP) is 2.55. The number of Topliss-reactive ketones (excluding diaryl/α,β-unsaturated/α-hetero) is 1. The second-order valence-corrected chi connectivity index (χ2v) is 7.76. The molecule has 0 saturated carbocycles. The van der Waals surface area contributed by atoms with E-state index in [1.54, 1.807) is 33.5 Å². The summed E-state index contributed by atoms with van der Waals surface area (Å²) in [6, 6.07) is 11.1. The summed E-state index contributed by atoms with van der Waals surface area (Å²) in [4.78, 5) is 27.4. The fraction of sp³-hybridized carbons (Fsp3) is 0.304. The van der Waals surface area contributed by atoms with Gasteiger partial charge in [0.2, 0.25) is 0 Å². The minimum absolute atomic E-state index is 0.0375. The van der Waals surface area contributed by atoms with Crippen LogP contribution in [0.25, 0.3) is 11.3 Å². The number of fused-ring (bicyclic) bond motifs is 1. The zero-order chi connectivity index (χ0) is 22.0. The van der Waals surface area contributed by atoms with Crippen LogP contribution in [0.15, 0.2) is 42.6 Å². The molecule has 1 aliphatic heterocycles. The Labute approximate surface area is 180 Å². The number of rotatable bonds is 6. The van der Waals surface area contributed by atoms with Gasteiger partial charge in [-0.2, -0.15) is 15.4 Å². The molecule has 8 heteroatoms. The maximum atomic E-state index is 13.1. The molecule has 31 heavy (non-hydrogen) atoms. The highest BCUT2D eigenvalue weighted by atomic mass is 16.5. The maximum Gasteiger partial charge on any atom is 0.253 e. The van der Waals surface area contributed by atoms with Gasteiger partial charge >= 0.3 is 0 Å². The van der Waals surface area contributed by atoms with Crippen LogP contribution in [0.2, 0.25) is 0 Å². The zero-order valence-electron chi connectivity index (χ0n) is 17.7. The molecule has 0 radical (unpaired) electrons. The van der Waals surface area contributed by atoms with Crippen molar-refractivity contribution < 1.29 is 19.1 Å². The van der Waals surface area contributed by atoms with Crippen LogP contribution in [0.4, 0.5) is 0 Å². The Morgan fingerprint density at radius 2 is 2.06 bits per heavy atom. The number of methoxy groups -OCH3 is 1. The number of aromatic amines is 1. The van der Waals surface area contributed by atoms with E-state index in [1.165, 1.54) is 4.90 Å². The molecule has 0 spiro atoms. The van der Waals surface area contributed by atoms with E-state index in [1.807, 2.05) is 30.3 Å². The number of H-pyrrole nitrogens is 1. The Morgan fingerprint density at radius 1 is 1.23 bits per heavy atom. The number of nitrogens with one attached hydrogen (secondary N) is 1. The van der Waals surface area contributed by atoms with Gasteiger partial charge in [0.15, 0.2) is 0 Å². The first-order valence-electron chi connectivity index (χ1n) is 9.99. The van der Waals surface area contributed by atoms with Crippen molar-refractivity contribution in [2.24, 2.45) is 5.92 Å². The first-order valence-corrected chi connectivity index (χ1v) is 9.99. The van der Waals surface area contributed by atoms with Crippen molar-refractivity contribution in [2.45, 2.75) is 12.8 Å². The lowest BCUT2D eigenvalue weighted by Gasteiger charge is -2.25. The highest BCUT2D eigenvalue weighted by molar-refractivity contribution is 5.98. The quantitative estimate of drug-likeness (QED) is 0.658. The van der Waals surface area contributed by atoms with E-state index in [0.29, 0.717) is 29.8 Å². The largest absolute Gasteiger partial charge is 0.497 e. The van der Waals surface area contributed by atoms with Gasteiger partial charge in [0.1, 0.15) is 23.0 Å². The Balaban J connectivity index is 1.58. The third kappa shape index (κ3) is 4.28. The molecular formula is C23H24N4O4. The summed E-state index contributed by atoms with van der Waals surface area (Å²) in [7, 11) is 4.99. The van der Waals surface area contributed by atoms with Crippen LogP contribution in [0.3, 0.4) is 0 Å². The summed E-state index contributed by atoms with van der Waals surface area (Å²) in [5.41, 5.74) is 3.52. The molecule has 1 aliphatic rings. The number of benzene rings is 2. The van der Waals surface area contributed by atoms with Gasteiger partial charge in [0.25, 0.3) is 5.91 Å². The van der Waals surface area contributed by atoms with Gasteiger partial charge in [0.05, 0.1) is 25.8 Å². The van der Waals surface area contributed by atoms with Gasteiger partial charge < -0.3 is 14.4 Å². The normalized spacial score (nSPS) is 15.0. The number of aromatic nitrogens is 3. The molecule has 2 heterocycles. The zero-order valence-corrected chi connectivity index (χ0v) is 17.7. The van der Waals surface area contributed by atoms with E-state index in [2.05, 4.69) is 15.4 Å². The van der Waals surface area contributed by atoms with E-state index >= 15 is 0 Å². The molecule has 1 atom stereocenters. The Morgan fingerprint density at radius 3 is 2.77 bits per heavy atom. The van der Waals surface area contributed by atoms with E-state index in [9.17, 15) is 9.59 Å². The number of hydrogen-bond acceptors (Lipinski definition) is 6. The van der Waals surface area contributed by atoms with E-state index in [0.717, 1.165) is 22.6 Å². The summed E-state index contributed by atoms with van der Waals surface area (Å²) in [5.74, 6) is 1.11. The van der Waals surface area contributed by atoms with Crippen molar-refractivity contribution >= 4 is 11.7 Å². The van der Waals surface area contributed by atoms with Crippen molar-refractivity contribution in [2.75, 3.05) is 27.8 Å². The van der Waals surface area contributed by atoms with Crippen LogP contribution < -0.4 is 9.47 Å². The van der Waals surface area contributed by atoms with Gasteiger partial charge in [0, 0.05) is 31.6 Å². The van der Waals surface area contributed by atoms with Crippen molar-refractivity contribution in [1.29, 1.82) is 0 Å². The maximum absolute atomic E-state index is 13.1. The van der Waals surface area contributed by atoms with Gasteiger partial charge in [-0.3, -0.25) is 9.59 Å². The van der Waals surface area contributed by atoms with E-state index in [4.69, 9.17) is 9.47 Å². The summed E-state index contributed by atoms with van der Waals surface area (Å²) in [5, 5.41) is 10.5. The molecule has 0 aliphatic carbocycles. The Bertz CT molecular complexity index is 1110. The second kappa shape index (κ2) is 8.59. The number of carbonyl (C=O) groups excluding carboxylic acids is 2. The first-order chi connectivity index (χ1) is 15.0. The summed E-state index contributed by atoms with van der Waals surface area (Å²) >= 11 is 0. The monoisotopic (exact) mass is 420 g/mol. The Hall–Kier alpha value is -3.68. The molecule has 2 aromatic carbocycles. The number of nitrogens with zero attached hydrogens (tertiary/aromatic N) is 3. The van der Waals surface area contributed by atoms with Gasteiger partial charge in [-0.05, 0) is 41.8 Å². The molecule has 1 unspecified atom stereocenters. The highest BCUT2D eigenvalue weighted by Crippen LogP contribution is 2.32. The highest BCUT2D eigenvalue weighted by Gasteiger charge is 2.27. The second-order valence-electron chi connectivity index (χ2n) is 7.76. The average Bonchev–Trinajstić information content (AvgIpc) is 3.33. The summed E-state index contributed by atoms with van der Waals surface area (Å²) in [6.07, 6.45) is 2.33. The number of ketones is 1. The topological polar surface area (TPSA) is 97.4 Å².